The van der Waals surface area contributed by atoms with E-state index in [1.165, 1.54) is 23.1 Å². The molecule has 0 heteroatoms. The highest BCUT2D eigenvalue weighted by Crippen LogP contribution is 2.21. The van der Waals surface area contributed by atoms with E-state index in [-0.39, 0.29) is 0 Å². The fourth-order valence-corrected chi connectivity index (χ4v) is 2.27. The lowest BCUT2D eigenvalue weighted by Crippen LogP contribution is -1.89. The first kappa shape index (κ1) is 13.6. The third kappa shape index (κ3) is 4.40. The van der Waals surface area contributed by atoms with Gasteiger partial charge in [-0.3, -0.25) is 0 Å². The Morgan fingerprint density at radius 3 is 2.79 bits per heavy atom. The van der Waals surface area contributed by atoms with Gasteiger partial charge in [0.1, 0.15) is 0 Å². The zero-order valence-electron chi connectivity index (χ0n) is 11.7. The Kier molecular flexibility index (Phi) is 4.97. The van der Waals surface area contributed by atoms with Crippen molar-refractivity contribution < 1.29 is 0 Å². The van der Waals surface area contributed by atoms with Crippen molar-refractivity contribution in [2.75, 3.05) is 0 Å². The summed E-state index contributed by atoms with van der Waals surface area (Å²) in [4.78, 5) is 0. The van der Waals surface area contributed by atoms with Crippen molar-refractivity contribution in [2.45, 2.75) is 32.6 Å². The molecule has 0 nitrogen and oxygen atoms in total. The predicted molar refractivity (Wildman–Crippen MR) is 85.0 cm³/mol. The summed E-state index contributed by atoms with van der Waals surface area (Å²) in [5, 5.41) is 0. The summed E-state index contributed by atoms with van der Waals surface area (Å²) in [5.41, 5.74) is 5.05. The molecule has 0 bridgehead atoms. The van der Waals surface area contributed by atoms with Crippen molar-refractivity contribution >= 4 is 0 Å². The SMILES string of the molecule is C=C(/C=C(C)\C=C\C1=CCCC=C1)C1=CC=CCC1. The summed E-state index contributed by atoms with van der Waals surface area (Å²) in [7, 11) is 0. The van der Waals surface area contributed by atoms with E-state index in [2.05, 4.69) is 68.2 Å². The van der Waals surface area contributed by atoms with Crippen molar-refractivity contribution in [1.82, 2.24) is 0 Å². The molecule has 98 valence electrons. The summed E-state index contributed by atoms with van der Waals surface area (Å²) in [6.07, 6.45) is 24.3. The van der Waals surface area contributed by atoms with Crippen molar-refractivity contribution in [3.8, 4) is 0 Å². The second-order valence-corrected chi connectivity index (χ2v) is 5.09. The van der Waals surface area contributed by atoms with Gasteiger partial charge in [0.05, 0.1) is 0 Å². The summed E-state index contributed by atoms with van der Waals surface area (Å²) in [6.45, 7) is 6.30. The first-order valence-electron chi connectivity index (χ1n) is 7.04. The number of rotatable bonds is 4. The van der Waals surface area contributed by atoms with Crippen LogP contribution in [0.25, 0.3) is 0 Å². The fourth-order valence-electron chi connectivity index (χ4n) is 2.27. The van der Waals surface area contributed by atoms with Crippen molar-refractivity contribution in [2.24, 2.45) is 0 Å². The van der Waals surface area contributed by atoms with Gasteiger partial charge in [-0.15, -0.1) is 0 Å². The molecule has 2 aliphatic rings. The zero-order chi connectivity index (χ0) is 13.5. The Bertz CT molecular complexity index is 516. The maximum absolute atomic E-state index is 4.17. The summed E-state index contributed by atoms with van der Waals surface area (Å²) in [5.74, 6) is 0. The molecule has 0 aromatic carbocycles. The van der Waals surface area contributed by atoms with E-state index >= 15 is 0 Å². The van der Waals surface area contributed by atoms with E-state index in [1.807, 2.05) is 0 Å². The van der Waals surface area contributed by atoms with Crippen LogP contribution in [0.1, 0.15) is 32.6 Å². The molecule has 0 atom stereocenters. The topological polar surface area (TPSA) is 0 Å². The second kappa shape index (κ2) is 6.94. The molecule has 0 radical (unpaired) electrons. The van der Waals surface area contributed by atoms with E-state index in [0.29, 0.717) is 0 Å². The predicted octanol–water partition coefficient (Wildman–Crippen LogP) is 5.60. The Hall–Kier alpha value is -1.82. The summed E-state index contributed by atoms with van der Waals surface area (Å²) in [6, 6.07) is 0. The highest BCUT2D eigenvalue weighted by molar-refractivity contribution is 5.45. The van der Waals surface area contributed by atoms with Crippen LogP contribution in [0.15, 0.2) is 83.6 Å². The average molecular weight is 250 g/mol. The molecule has 0 aliphatic heterocycles. The molecule has 0 spiro atoms. The average Bonchev–Trinajstić information content (AvgIpc) is 2.47. The van der Waals surface area contributed by atoms with Gasteiger partial charge < -0.3 is 0 Å². The molecule has 0 saturated heterocycles. The minimum absolute atomic E-state index is 1.11. The van der Waals surface area contributed by atoms with Crippen LogP contribution in [0.5, 0.6) is 0 Å². The highest BCUT2D eigenvalue weighted by Gasteiger charge is 2.01. The highest BCUT2D eigenvalue weighted by atomic mass is 14.1. The van der Waals surface area contributed by atoms with Gasteiger partial charge in [-0.05, 0) is 49.3 Å². The molecule has 2 aliphatic carbocycles. The first-order chi connectivity index (χ1) is 9.25. The largest absolute Gasteiger partial charge is 0.0915 e. The standard InChI is InChI=1S/C19H22/c1-16(13-14-18-9-5-3-6-10-18)15-17(2)19-11-7-4-8-12-19/h4-5,7,9-11,13-15H,2-3,6,8,12H2,1H3/b14-13+,16-15-. The lowest BCUT2D eigenvalue weighted by molar-refractivity contribution is 0.978. The molecule has 0 aromatic heterocycles. The Balaban J connectivity index is 1.98. The Labute approximate surface area is 116 Å². The fraction of sp³-hybridized carbons (Fsp3) is 0.263. The summed E-state index contributed by atoms with van der Waals surface area (Å²) >= 11 is 0. The maximum Gasteiger partial charge on any atom is -0.0238 e. The normalized spacial score (nSPS) is 19.5. The molecule has 0 amide bonds. The van der Waals surface area contributed by atoms with Crippen LogP contribution >= 0.6 is 0 Å². The van der Waals surface area contributed by atoms with Crippen LogP contribution in [0, 0.1) is 0 Å². The van der Waals surface area contributed by atoms with Crippen LogP contribution in [0.3, 0.4) is 0 Å². The second-order valence-electron chi connectivity index (χ2n) is 5.09. The third-order valence-corrected chi connectivity index (χ3v) is 3.39. The zero-order valence-corrected chi connectivity index (χ0v) is 11.7. The van der Waals surface area contributed by atoms with Crippen molar-refractivity contribution in [3.05, 3.63) is 83.6 Å². The van der Waals surface area contributed by atoms with Gasteiger partial charge in [-0.1, -0.05) is 66.8 Å². The maximum atomic E-state index is 4.17. The Morgan fingerprint density at radius 1 is 1.21 bits per heavy atom. The number of hydrogen-bond acceptors (Lipinski definition) is 0. The van der Waals surface area contributed by atoms with E-state index < -0.39 is 0 Å². The molecule has 2 rings (SSSR count). The van der Waals surface area contributed by atoms with Crippen LogP contribution in [0.4, 0.5) is 0 Å². The van der Waals surface area contributed by atoms with E-state index in [1.54, 1.807) is 0 Å². The van der Waals surface area contributed by atoms with Crippen molar-refractivity contribution in [1.29, 1.82) is 0 Å². The lowest BCUT2D eigenvalue weighted by atomic mass is 9.97. The van der Waals surface area contributed by atoms with Crippen LogP contribution in [-0.4, -0.2) is 0 Å². The van der Waals surface area contributed by atoms with E-state index in [4.69, 9.17) is 0 Å². The number of hydrogen-bond donors (Lipinski definition) is 0. The molecule has 0 saturated carbocycles. The minimum Gasteiger partial charge on any atom is -0.0915 e. The van der Waals surface area contributed by atoms with Gasteiger partial charge in [0.25, 0.3) is 0 Å². The van der Waals surface area contributed by atoms with Gasteiger partial charge in [-0.2, -0.15) is 0 Å². The molecule has 0 fully saturated rings. The lowest BCUT2D eigenvalue weighted by Gasteiger charge is -2.09. The van der Waals surface area contributed by atoms with E-state index in [9.17, 15) is 0 Å². The van der Waals surface area contributed by atoms with Gasteiger partial charge in [0.15, 0.2) is 0 Å². The van der Waals surface area contributed by atoms with Gasteiger partial charge in [-0.25, -0.2) is 0 Å². The molecule has 19 heavy (non-hydrogen) atoms. The molecule has 0 N–H and O–H groups in total. The quantitative estimate of drug-likeness (QED) is 0.570. The van der Waals surface area contributed by atoms with Crippen LogP contribution in [0.2, 0.25) is 0 Å². The van der Waals surface area contributed by atoms with E-state index in [0.717, 1.165) is 24.8 Å². The molecular formula is C19H22. The van der Waals surface area contributed by atoms with Crippen molar-refractivity contribution in [3.63, 3.8) is 0 Å². The molecular weight excluding hydrogens is 228 g/mol. The smallest absolute Gasteiger partial charge is 0.0238 e. The summed E-state index contributed by atoms with van der Waals surface area (Å²) < 4.78 is 0. The molecule has 0 heterocycles. The Morgan fingerprint density at radius 2 is 2.11 bits per heavy atom. The van der Waals surface area contributed by atoms with Gasteiger partial charge >= 0.3 is 0 Å². The number of allylic oxidation sites excluding steroid dienone is 13. The van der Waals surface area contributed by atoms with Gasteiger partial charge in [0, 0.05) is 0 Å². The molecule has 0 aromatic rings. The van der Waals surface area contributed by atoms with Crippen LogP contribution < -0.4 is 0 Å². The molecule has 0 unspecified atom stereocenters. The van der Waals surface area contributed by atoms with Crippen LogP contribution in [-0.2, 0) is 0 Å². The van der Waals surface area contributed by atoms with Gasteiger partial charge in [0.2, 0.25) is 0 Å². The third-order valence-electron chi connectivity index (χ3n) is 3.39. The monoisotopic (exact) mass is 250 g/mol. The first-order valence-corrected chi connectivity index (χ1v) is 7.04. The minimum atomic E-state index is 1.11.